The lowest BCUT2D eigenvalue weighted by Gasteiger charge is -1.99. The Balaban J connectivity index is 1.84. The van der Waals surface area contributed by atoms with E-state index in [1.165, 1.54) is 5.56 Å². The fourth-order valence-electron chi connectivity index (χ4n) is 1.67. The molecule has 3 nitrogen and oxygen atoms in total. The van der Waals surface area contributed by atoms with Crippen molar-refractivity contribution < 1.29 is 4.79 Å². The molecule has 1 fully saturated rings. The lowest BCUT2D eigenvalue weighted by Crippen LogP contribution is -2.18. The highest BCUT2D eigenvalue weighted by Gasteiger charge is 2.29. The predicted octanol–water partition coefficient (Wildman–Crippen LogP) is 2.50. The molecule has 0 aliphatic heterocycles. The van der Waals surface area contributed by atoms with Crippen molar-refractivity contribution in [2.24, 2.45) is 11.0 Å². The molecule has 0 atom stereocenters. The van der Waals surface area contributed by atoms with Gasteiger partial charge in [0.1, 0.15) is 0 Å². The molecule has 0 saturated heterocycles. The number of nitrogens with one attached hydrogen (secondary N) is 1. The Bertz CT molecular complexity index is 405. The first kappa shape index (κ1) is 11.8. The Kier molecular flexibility index (Phi) is 3.91. The van der Waals surface area contributed by atoms with Crippen LogP contribution < -0.4 is 5.43 Å². The summed E-state index contributed by atoms with van der Waals surface area (Å²) in [5.74, 6) is 0.253. The molecule has 1 amide bonds. The van der Waals surface area contributed by atoms with Gasteiger partial charge < -0.3 is 0 Å². The molecule has 17 heavy (non-hydrogen) atoms. The Morgan fingerprint density at radius 3 is 2.71 bits per heavy atom. The smallest absolute Gasteiger partial charge is 0.243 e. The molecule has 90 valence electrons. The topological polar surface area (TPSA) is 41.5 Å². The maximum atomic E-state index is 11.3. The van der Waals surface area contributed by atoms with Crippen LogP contribution in [0.15, 0.2) is 29.4 Å². The summed E-state index contributed by atoms with van der Waals surface area (Å²) in [5, 5.41) is 3.95. The van der Waals surface area contributed by atoms with E-state index in [1.54, 1.807) is 6.21 Å². The van der Waals surface area contributed by atoms with E-state index in [1.807, 2.05) is 12.1 Å². The molecule has 1 aliphatic rings. The van der Waals surface area contributed by atoms with Crippen molar-refractivity contribution in [3.63, 3.8) is 0 Å². The van der Waals surface area contributed by atoms with Crippen molar-refractivity contribution >= 4 is 12.1 Å². The summed E-state index contributed by atoms with van der Waals surface area (Å²) >= 11 is 0. The normalized spacial score (nSPS) is 15.1. The van der Waals surface area contributed by atoms with Crippen LogP contribution in [0.1, 0.15) is 37.3 Å². The Labute approximate surface area is 102 Å². The first-order valence-electron chi connectivity index (χ1n) is 6.21. The second-order valence-corrected chi connectivity index (χ2v) is 4.50. The second-order valence-electron chi connectivity index (χ2n) is 4.50. The summed E-state index contributed by atoms with van der Waals surface area (Å²) < 4.78 is 0. The van der Waals surface area contributed by atoms with Crippen LogP contribution in [0.5, 0.6) is 0 Å². The zero-order chi connectivity index (χ0) is 12.1. The van der Waals surface area contributed by atoms with Crippen LogP contribution in [0.2, 0.25) is 0 Å². The fourth-order valence-corrected chi connectivity index (χ4v) is 1.67. The lowest BCUT2D eigenvalue weighted by atomic mass is 10.1. The molecule has 0 heterocycles. The highest BCUT2D eigenvalue weighted by atomic mass is 16.2. The van der Waals surface area contributed by atoms with Crippen LogP contribution in [0.25, 0.3) is 0 Å². The zero-order valence-corrected chi connectivity index (χ0v) is 10.1. The number of carbonyl (C=O) groups excluding carboxylic acids is 1. The predicted molar refractivity (Wildman–Crippen MR) is 68.9 cm³/mol. The zero-order valence-electron chi connectivity index (χ0n) is 10.1. The van der Waals surface area contributed by atoms with E-state index in [0.29, 0.717) is 0 Å². The van der Waals surface area contributed by atoms with E-state index in [0.717, 1.165) is 31.2 Å². The molecular formula is C14H18N2O. The number of benzene rings is 1. The molecule has 1 saturated carbocycles. The maximum absolute atomic E-state index is 11.3. The van der Waals surface area contributed by atoms with Gasteiger partial charge in [0.25, 0.3) is 0 Å². The van der Waals surface area contributed by atoms with Gasteiger partial charge in [-0.3, -0.25) is 4.79 Å². The lowest BCUT2D eigenvalue weighted by molar-refractivity contribution is -0.122. The van der Waals surface area contributed by atoms with Gasteiger partial charge in [-0.25, -0.2) is 5.43 Å². The van der Waals surface area contributed by atoms with Crippen LogP contribution >= 0.6 is 0 Å². The van der Waals surface area contributed by atoms with Gasteiger partial charge in [-0.15, -0.1) is 0 Å². The number of amides is 1. The van der Waals surface area contributed by atoms with Crippen molar-refractivity contribution in [2.45, 2.75) is 32.6 Å². The molecule has 0 unspecified atom stereocenters. The first-order chi connectivity index (χ1) is 8.29. The summed E-state index contributed by atoms with van der Waals surface area (Å²) in [5.41, 5.74) is 4.92. The maximum Gasteiger partial charge on any atom is 0.243 e. The number of hydrazone groups is 1. The van der Waals surface area contributed by atoms with Gasteiger partial charge in [0, 0.05) is 5.92 Å². The second kappa shape index (κ2) is 5.62. The minimum atomic E-state index is 0.0452. The van der Waals surface area contributed by atoms with Gasteiger partial charge >= 0.3 is 0 Å². The number of carbonyl (C=O) groups is 1. The number of nitrogens with zero attached hydrogens (tertiary/aromatic N) is 1. The molecule has 1 N–H and O–H groups in total. The molecule has 0 radical (unpaired) electrons. The Hall–Kier alpha value is -1.64. The third kappa shape index (κ3) is 3.70. The molecule has 3 heteroatoms. The van der Waals surface area contributed by atoms with Gasteiger partial charge in [0.15, 0.2) is 0 Å². The average molecular weight is 230 g/mol. The summed E-state index contributed by atoms with van der Waals surface area (Å²) in [6.45, 7) is 2.17. The summed E-state index contributed by atoms with van der Waals surface area (Å²) in [4.78, 5) is 11.3. The third-order valence-electron chi connectivity index (χ3n) is 2.85. The number of hydrogen-bond acceptors (Lipinski definition) is 2. The van der Waals surface area contributed by atoms with Gasteiger partial charge in [-0.1, -0.05) is 37.6 Å². The van der Waals surface area contributed by atoms with Crippen molar-refractivity contribution in [1.29, 1.82) is 0 Å². The van der Waals surface area contributed by atoms with E-state index in [9.17, 15) is 4.79 Å². The fraction of sp³-hybridized carbons (Fsp3) is 0.429. The molecule has 0 bridgehead atoms. The standard InChI is InChI=1S/C14H18N2O/c1-2-3-11-4-6-12(7-5-11)10-15-16-14(17)13-8-9-13/h4-7,10,13H,2-3,8-9H2,1H3,(H,16,17). The van der Waals surface area contributed by atoms with E-state index >= 15 is 0 Å². The molecule has 1 aromatic rings. The highest BCUT2D eigenvalue weighted by molar-refractivity contribution is 5.84. The third-order valence-corrected chi connectivity index (χ3v) is 2.85. The van der Waals surface area contributed by atoms with E-state index in [2.05, 4.69) is 29.6 Å². The van der Waals surface area contributed by atoms with Crippen LogP contribution in [-0.2, 0) is 11.2 Å². The molecule has 1 aliphatic carbocycles. The van der Waals surface area contributed by atoms with Gasteiger partial charge in [-0.05, 0) is 30.4 Å². The Morgan fingerprint density at radius 2 is 2.12 bits per heavy atom. The van der Waals surface area contributed by atoms with Crippen molar-refractivity contribution in [3.05, 3.63) is 35.4 Å². The van der Waals surface area contributed by atoms with Gasteiger partial charge in [-0.2, -0.15) is 5.10 Å². The van der Waals surface area contributed by atoms with E-state index in [4.69, 9.17) is 0 Å². The Morgan fingerprint density at radius 1 is 1.41 bits per heavy atom. The minimum Gasteiger partial charge on any atom is -0.273 e. The molecule has 0 spiro atoms. The van der Waals surface area contributed by atoms with E-state index in [-0.39, 0.29) is 11.8 Å². The summed E-state index contributed by atoms with van der Waals surface area (Å²) in [6, 6.07) is 8.26. The van der Waals surface area contributed by atoms with E-state index < -0.39 is 0 Å². The molecule has 2 rings (SSSR count). The first-order valence-corrected chi connectivity index (χ1v) is 6.21. The summed E-state index contributed by atoms with van der Waals surface area (Å²) in [6.07, 6.45) is 5.97. The largest absolute Gasteiger partial charge is 0.273 e. The van der Waals surface area contributed by atoms with Crippen molar-refractivity contribution in [1.82, 2.24) is 5.43 Å². The molecular weight excluding hydrogens is 212 g/mol. The molecule has 1 aromatic carbocycles. The monoisotopic (exact) mass is 230 g/mol. The van der Waals surface area contributed by atoms with Crippen LogP contribution in [0, 0.1) is 5.92 Å². The number of rotatable bonds is 5. The van der Waals surface area contributed by atoms with Crippen LogP contribution in [0.4, 0.5) is 0 Å². The average Bonchev–Trinajstić information content (AvgIpc) is 3.15. The van der Waals surface area contributed by atoms with Crippen LogP contribution in [-0.4, -0.2) is 12.1 Å². The van der Waals surface area contributed by atoms with Crippen molar-refractivity contribution in [2.75, 3.05) is 0 Å². The highest BCUT2D eigenvalue weighted by Crippen LogP contribution is 2.28. The number of aryl methyl sites for hydroxylation is 1. The SMILES string of the molecule is CCCc1ccc(C=NNC(=O)C2CC2)cc1. The summed E-state index contributed by atoms with van der Waals surface area (Å²) in [7, 11) is 0. The quantitative estimate of drug-likeness (QED) is 0.613. The number of hydrogen-bond donors (Lipinski definition) is 1. The van der Waals surface area contributed by atoms with Crippen molar-refractivity contribution in [3.8, 4) is 0 Å². The van der Waals surface area contributed by atoms with Crippen LogP contribution in [0.3, 0.4) is 0 Å². The van der Waals surface area contributed by atoms with Gasteiger partial charge in [0.05, 0.1) is 6.21 Å². The molecule has 0 aromatic heterocycles. The van der Waals surface area contributed by atoms with Gasteiger partial charge in [0.2, 0.25) is 5.91 Å². The minimum absolute atomic E-state index is 0.0452.